The summed E-state index contributed by atoms with van der Waals surface area (Å²) in [5.74, 6) is 0.792. The molecule has 0 aromatic rings. The molecule has 0 radical (unpaired) electrons. The minimum Gasteiger partial charge on any atom is -0.0882 e. The molecule has 0 nitrogen and oxygen atoms in total. The quantitative estimate of drug-likeness (QED) is 0.392. The molecule has 0 aromatic heterocycles. The van der Waals surface area contributed by atoms with Crippen LogP contribution in [0.5, 0.6) is 0 Å². The van der Waals surface area contributed by atoms with E-state index in [1.165, 1.54) is 25.7 Å². The van der Waals surface area contributed by atoms with Crippen molar-refractivity contribution in [2.75, 3.05) is 0 Å². The highest BCUT2D eigenvalue weighted by Gasteiger charge is 1.85. The van der Waals surface area contributed by atoms with Crippen LogP contribution in [-0.4, -0.2) is 0 Å². The Kier molecular flexibility index (Phi) is 9.18. The molecule has 0 aliphatic heterocycles. The Morgan fingerprint density at radius 3 is 2.31 bits per heavy atom. The minimum absolute atomic E-state index is 0.792. The third-order valence-electron chi connectivity index (χ3n) is 1.94. The average Bonchev–Trinajstić information content (AvgIpc) is 2.09. The summed E-state index contributed by atoms with van der Waals surface area (Å²) in [6, 6.07) is 0. The molecule has 0 fully saturated rings. The van der Waals surface area contributed by atoms with E-state index in [0.717, 1.165) is 12.3 Å². The summed E-state index contributed by atoms with van der Waals surface area (Å²) in [5.41, 5.74) is 0. The van der Waals surface area contributed by atoms with Gasteiger partial charge in [0, 0.05) is 0 Å². The van der Waals surface area contributed by atoms with Crippen molar-refractivity contribution in [3.05, 3.63) is 24.3 Å². The normalized spacial score (nSPS) is 12.3. The number of unbranched alkanes of at least 4 members (excludes halogenated alkanes) is 2. The molecule has 0 rings (SSSR count). The predicted molar refractivity (Wildman–Crippen MR) is 61.9 cm³/mol. The van der Waals surface area contributed by atoms with Gasteiger partial charge in [0.25, 0.3) is 0 Å². The Morgan fingerprint density at radius 2 is 1.69 bits per heavy atom. The number of hydrogen-bond acceptors (Lipinski definition) is 0. The van der Waals surface area contributed by atoms with Gasteiger partial charge in [-0.25, -0.2) is 0 Å². The summed E-state index contributed by atoms with van der Waals surface area (Å²) in [7, 11) is 0. The van der Waals surface area contributed by atoms with Gasteiger partial charge in [-0.15, -0.1) is 0 Å². The fraction of sp³-hybridized carbons (Fsp3) is 0.692. The molecule has 76 valence electrons. The van der Waals surface area contributed by atoms with Crippen molar-refractivity contribution in [1.82, 2.24) is 0 Å². The lowest BCUT2D eigenvalue weighted by atomic mass is 10.1. The molecule has 0 spiro atoms. The van der Waals surface area contributed by atoms with Crippen molar-refractivity contribution >= 4 is 0 Å². The fourth-order valence-corrected chi connectivity index (χ4v) is 1.08. The first-order chi connectivity index (χ1) is 6.27. The topological polar surface area (TPSA) is 0 Å². The smallest absolute Gasteiger partial charge is 0.0169 e. The van der Waals surface area contributed by atoms with Crippen molar-refractivity contribution in [1.29, 1.82) is 0 Å². The van der Waals surface area contributed by atoms with Gasteiger partial charge in [0.2, 0.25) is 0 Å². The Morgan fingerprint density at radius 1 is 1.00 bits per heavy atom. The SMILES string of the molecule is CCCCC=CCC=CCC(C)C. The van der Waals surface area contributed by atoms with Crippen LogP contribution in [0.4, 0.5) is 0 Å². The Bertz CT molecular complexity index is 140. The standard InChI is InChI=1S/C13H24/c1-4-5-6-7-8-9-10-11-12-13(2)3/h7-8,10-11,13H,4-6,9,12H2,1-3H3. The van der Waals surface area contributed by atoms with E-state index in [4.69, 9.17) is 0 Å². The maximum absolute atomic E-state index is 2.29. The molecule has 0 heteroatoms. The van der Waals surface area contributed by atoms with E-state index in [1.807, 2.05) is 0 Å². The summed E-state index contributed by atoms with van der Waals surface area (Å²) in [4.78, 5) is 0. The molecule has 0 atom stereocenters. The van der Waals surface area contributed by atoms with Crippen LogP contribution in [0.1, 0.15) is 52.9 Å². The Hall–Kier alpha value is -0.520. The zero-order valence-corrected chi connectivity index (χ0v) is 9.42. The van der Waals surface area contributed by atoms with E-state index < -0.39 is 0 Å². The number of hydrogen-bond donors (Lipinski definition) is 0. The van der Waals surface area contributed by atoms with Crippen molar-refractivity contribution in [2.24, 2.45) is 5.92 Å². The third-order valence-corrected chi connectivity index (χ3v) is 1.94. The first-order valence-corrected chi connectivity index (χ1v) is 5.57. The molecule has 0 aliphatic carbocycles. The summed E-state index contributed by atoms with van der Waals surface area (Å²) in [6.45, 7) is 6.74. The predicted octanol–water partition coefficient (Wildman–Crippen LogP) is 4.73. The summed E-state index contributed by atoms with van der Waals surface area (Å²) in [5, 5.41) is 0. The Balaban J connectivity index is 3.23. The highest BCUT2D eigenvalue weighted by molar-refractivity contribution is 4.92. The molecule has 0 amide bonds. The molecule has 0 unspecified atom stereocenters. The molecular formula is C13H24. The fourth-order valence-electron chi connectivity index (χ4n) is 1.08. The van der Waals surface area contributed by atoms with Crippen molar-refractivity contribution in [3.8, 4) is 0 Å². The van der Waals surface area contributed by atoms with E-state index in [-0.39, 0.29) is 0 Å². The van der Waals surface area contributed by atoms with Gasteiger partial charge in [0.05, 0.1) is 0 Å². The van der Waals surface area contributed by atoms with Crippen LogP contribution in [0.3, 0.4) is 0 Å². The molecule has 0 aliphatic rings. The van der Waals surface area contributed by atoms with Gasteiger partial charge in [-0.3, -0.25) is 0 Å². The van der Waals surface area contributed by atoms with Gasteiger partial charge in [-0.05, 0) is 25.2 Å². The zero-order chi connectivity index (χ0) is 9.94. The largest absolute Gasteiger partial charge is 0.0882 e. The van der Waals surface area contributed by atoms with Gasteiger partial charge >= 0.3 is 0 Å². The lowest BCUT2D eigenvalue weighted by molar-refractivity contribution is 0.663. The molecule has 0 saturated heterocycles. The van der Waals surface area contributed by atoms with Gasteiger partial charge in [0.1, 0.15) is 0 Å². The molecular weight excluding hydrogens is 156 g/mol. The summed E-state index contributed by atoms with van der Waals surface area (Å²) >= 11 is 0. The average molecular weight is 180 g/mol. The van der Waals surface area contributed by atoms with Gasteiger partial charge in [-0.2, -0.15) is 0 Å². The molecule has 0 bridgehead atoms. The van der Waals surface area contributed by atoms with Gasteiger partial charge in [0.15, 0.2) is 0 Å². The maximum atomic E-state index is 2.29. The highest BCUT2D eigenvalue weighted by Crippen LogP contribution is 2.01. The van der Waals surface area contributed by atoms with Crippen LogP contribution in [0.2, 0.25) is 0 Å². The maximum Gasteiger partial charge on any atom is -0.0169 e. The molecule has 13 heavy (non-hydrogen) atoms. The second-order valence-electron chi connectivity index (χ2n) is 3.95. The van der Waals surface area contributed by atoms with E-state index in [1.54, 1.807) is 0 Å². The van der Waals surface area contributed by atoms with E-state index >= 15 is 0 Å². The first kappa shape index (κ1) is 12.5. The zero-order valence-electron chi connectivity index (χ0n) is 9.42. The van der Waals surface area contributed by atoms with Crippen molar-refractivity contribution < 1.29 is 0 Å². The minimum atomic E-state index is 0.792. The van der Waals surface area contributed by atoms with Crippen LogP contribution in [0.25, 0.3) is 0 Å². The monoisotopic (exact) mass is 180 g/mol. The Labute approximate surface area is 83.7 Å². The van der Waals surface area contributed by atoms with Gasteiger partial charge < -0.3 is 0 Å². The number of rotatable bonds is 7. The second-order valence-corrected chi connectivity index (χ2v) is 3.95. The van der Waals surface area contributed by atoms with Crippen LogP contribution < -0.4 is 0 Å². The van der Waals surface area contributed by atoms with Gasteiger partial charge in [-0.1, -0.05) is 57.9 Å². The lowest BCUT2D eigenvalue weighted by Crippen LogP contribution is -1.80. The van der Waals surface area contributed by atoms with E-state index in [9.17, 15) is 0 Å². The molecule has 0 N–H and O–H groups in total. The first-order valence-electron chi connectivity index (χ1n) is 5.57. The van der Waals surface area contributed by atoms with Crippen LogP contribution in [0.15, 0.2) is 24.3 Å². The molecule has 0 saturated carbocycles. The van der Waals surface area contributed by atoms with Crippen molar-refractivity contribution in [3.63, 3.8) is 0 Å². The summed E-state index contributed by atoms with van der Waals surface area (Å²) in [6.07, 6.45) is 15.3. The lowest BCUT2D eigenvalue weighted by Gasteiger charge is -1.95. The van der Waals surface area contributed by atoms with Crippen LogP contribution >= 0.6 is 0 Å². The second kappa shape index (κ2) is 9.57. The van der Waals surface area contributed by atoms with Crippen LogP contribution in [-0.2, 0) is 0 Å². The third kappa shape index (κ3) is 11.5. The van der Waals surface area contributed by atoms with E-state index in [2.05, 4.69) is 45.1 Å². The van der Waals surface area contributed by atoms with Crippen LogP contribution in [0, 0.1) is 5.92 Å². The summed E-state index contributed by atoms with van der Waals surface area (Å²) < 4.78 is 0. The number of allylic oxidation sites excluding steroid dienone is 4. The molecule has 0 heterocycles. The van der Waals surface area contributed by atoms with Crippen molar-refractivity contribution in [2.45, 2.75) is 52.9 Å². The highest BCUT2D eigenvalue weighted by atomic mass is 13.9. The molecule has 0 aromatic carbocycles. The van der Waals surface area contributed by atoms with E-state index in [0.29, 0.717) is 0 Å².